The van der Waals surface area contributed by atoms with Crippen molar-refractivity contribution in [1.29, 1.82) is 0 Å². The summed E-state index contributed by atoms with van der Waals surface area (Å²) in [6.07, 6.45) is 2.10. The van der Waals surface area contributed by atoms with E-state index in [-0.39, 0.29) is 5.56 Å². The predicted octanol–water partition coefficient (Wildman–Crippen LogP) is -0.573. The van der Waals surface area contributed by atoms with Crippen molar-refractivity contribution >= 4 is 27.1 Å². The Labute approximate surface area is 128 Å². The standard InChI is InChI=1S/C10H13NO10P2/c12-9(13)7(22(16,17)18)6(5-2-1-3-11-4-5)8(10(14)15)23(19,20)21/h1-4,6-8H,(H,12,13)(H,14,15)(H2,16,17,18)(H2,19,20,21). The molecule has 23 heavy (non-hydrogen) atoms. The summed E-state index contributed by atoms with van der Waals surface area (Å²) in [5.41, 5.74) is -5.67. The third-order valence-corrected chi connectivity index (χ3v) is 5.51. The summed E-state index contributed by atoms with van der Waals surface area (Å²) < 4.78 is 23.0. The van der Waals surface area contributed by atoms with Crippen molar-refractivity contribution in [2.75, 3.05) is 0 Å². The molecule has 0 radical (unpaired) electrons. The summed E-state index contributed by atoms with van der Waals surface area (Å²) in [5.74, 6) is -6.38. The number of pyridine rings is 1. The number of aliphatic carboxylic acids is 2. The van der Waals surface area contributed by atoms with Gasteiger partial charge in [-0.25, -0.2) is 0 Å². The van der Waals surface area contributed by atoms with Gasteiger partial charge in [0.15, 0.2) is 11.3 Å². The highest BCUT2D eigenvalue weighted by Crippen LogP contribution is 2.56. The average molecular weight is 369 g/mol. The van der Waals surface area contributed by atoms with E-state index in [0.29, 0.717) is 0 Å². The van der Waals surface area contributed by atoms with Crippen LogP contribution in [0, 0.1) is 0 Å². The van der Waals surface area contributed by atoms with E-state index >= 15 is 0 Å². The molecule has 0 bridgehead atoms. The summed E-state index contributed by atoms with van der Waals surface area (Å²) >= 11 is 0. The van der Waals surface area contributed by atoms with Crippen molar-refractivity contribution in [2.45, 2.75) is 17.2 Å². The van der Waals surface area contributed by atoms with Gasteiger partial charge >= 0.3 is 27.1 Å². The van der Waals surface area contributed by atoms with Crippen LogP contribution in [0.25, 0.3) is 0 Å². The first-order valence-electron chi connectivity index (χ1n) is 5.83. The first-order valence-corrected chi connectivity index (χ1v) is 9.19. The molecule has 6 N–H and O–H groups in total. The summed E-state index contributed by atoms with van der Waals surface area (Å²) in [6.45, 7) is 0. The van der Waals surface area contributed by atoms with Crippen LogP contribution in [0.2, 0.25) is 0 Å². The van der Waals surface area contributed by atoms with Crippen LogP contribution >= 0.6 is 15.2 Å². The minimum atomic E-state index is -5.45. The molecule has 1 aromatic heterocycles. The number of carbonyl (C=O) groups is 2. The number of carboxylic acids is 2. The fourth-order valence-electron chi connectivity index (χ4n) is 2.12. The molecular weight excluding hydrogens is 356 g/mol. The van der Waals surface area contributed by atoms with E-state index in [2.05, 4.69) is 4.98 Å². The van der Waals surface area contributed by atoms with Crippen LogP contribution in [0.3, 0.4) is 0 Å². The van der Waals surface area contributed by atoms with Gasteiger partial charge in [0.2, 0.25) is 0 Å². The van der Waals surface area contributed by atoms with Crippen LogP contribution in [-0.2, 0) is 18.7 Å². The molecule has 0 aliphatic heterocycles. The highest BCUT2D eigenvalue weighted by atomic mass is 31.2. The lowest BCUT2D eigenvalue weighted by molar-refractivity contribution is -0.139. The van der Waals surface area contributed by atoms with E-state index in [4.69, 9.17) is 10.2 Å². The fourth-order valence-corrected chi connectivity index (χ4v) is 4.36. The second kappa shape index (κ2) is 6.88. The zero-order chi connectivity index (χ0) is 18.0. The van der Waals surface area contributed by atoms with Gasteiger partial charge < -0.3 is 29.8 Å². The van der Waals surface area contributed by atoms with E-state index in [1.807, 2.05) is 0 Å². The molecule has 2 atom stereocenters. The maximum absolute atomic E-state index is 11.5. The van der Waals surface area contributed by atoms with Gasteiger partial charge in [0.1, 0.15) is 0 Å². The molecule has 0 amide bonds. The minimum Gasteiger partial charge on any atom is -0.481 e. The van der Waals surface area contributed by atoms with E-state index in [1.165, 1.54) is 12.3 Å². The number of carboxylic acid groups (broad SMARTS) is 2. The Morgan fingerprint density at radius 1 is 0.957 bits per heavy atom. The zero-order valence-corrected chi connectivity index (χ0v) is 13.0. The van der Waals surface area contributed by atoms with Crippen LogP contribution in [0.15, 0.2) is 24.5 Å². The first-order chi connectivity index (χ1) is 10.4. The molecule has 0 aromatic carbocycles. The smallest absolute Gasteiger partial charge is 0.340 e. The van der Waals surface area contributed by atoms with Crippen LogP contribution in [0.5, 0.6) is 0 Å². The Morgan fingerprint density at radius 3 is 1.65 bits per heavy atom. The maximum Gasteiger partial charge on any atom is 0.340 e. The van der Waals surface area contributed by atoms with Gasteiger partial charge in [-0.05, 0) is 11.6 Å². The maximum atomic E-state index is 11.5. The largest absolute Gasteiger partial charge is 0.481 e. The van der Waals surface area contributed by atoms with Crippen molar-refractivity contribution < 1.29 is 48.5 Å². The molecular formula is C10H13NO10P2. The Hall–Kier alpha value is -1.61. The highest BCUT2D eigenvalue weighted by Gasteiger charge is 2.54. The third kappa shape index (κ3) is 4.68. The van der Waals surface area contributed by atoms with Gasteiger partial charge in [-0.15, -0.1) is 0 Å². The topological polar surface area (TPSA) is 203 Å². The molecule has 0 aliphatic rings. The molecule has 2 unspecified atom stereocenters. The van der Waals surface area contributed by atoms with Crippen molar-refractivity contribution in [3.8, 4) is 0 Å². The van der Waals surface area contributed by atoms with Gasteiger partial charge in [-0.2, -0.15) is 0 Å². The van der Waals surface area contributed by atoms with Crippen molar-refractivity contribution in [2.24, 2.45) is 0 Å². The monoisotopic (exact) mass is 369 g/mol. The SMILES string of the molecule is O=C(O)C(C(c1cccnc1)C(C(=O)O)P(=O)(O)O)P(=O)(O)O. The number of hydrogen-bond acceptors (Lipinski definition) is 5. The number of rotatable bonds is 7. The molecule has 0 aliphatic carbocycles. The van der Waals surface area contributed by atoms with Crippen LogP contribution in [-0.4, -0.2) is 58.0 Å². The summed E-state index contributed by atoms with van der Waals surface area (Å²) in [4.78, 5) is 63.0. The van der Waals surface area contributed by atoms with Crippen molar-refractivity contribution in [3.63, 3.8) is 0 Å². The molecule has 0 saturated carbocycles. The van der Waals surface area contributed by atoms with Crippen molar-refractivity contribution in [3.05, 3.63) is 30.1 Å². The third-order valence-electron chi connectivity index (χ3n) is 2.98. The quantitative estimate of drug-likeness (QED) is 0.336. The van der Waals surface area contributed by atoms with E-state index in [9.17, 15) is 38.3 Å². The molecule has 0 fully saturated rings. The van der Waals surface area contributed by atoms with Crippen LogP contribution in [0.1, 0.15) is 11.5 Å². The molecule has 1 heterocycles. The Bertz CT molecular complexity index is 640. The van der Waals surface area contributed by atoms with Crippen molar-refractivity contribution in [1.82, 2.24) is 4.98 Å². The second-order valence-electron chi connectivity index (χ2n) is 4.56. The highest BCUT2D eigenvalue weighted by molar-refractivity contribution is 7.55. The molecule has 11 nitrogen and oxygen atoms in total. The van der Waals surface area contributed by atoms with Crippen LogP contribution in [0.4, 0.5) is 0 Å². The van der Waals surface area contributed by atoms with Gasteiger partial charge in [0, 0.05) is 18.3 Å². The van der Waals surface area contributed by atoms with Gasteiger partial charge in [-0.1, -0.05) is 6.07 Å². The number of hydrogen-bond donors (Lipinski definition) is 6. The second-order valence-corrected chi connectivity index (χ2v) is 8.03. The van der Waals surface area contributed by atoms with Gasteiger partial charge in [0.25, 0.3) is 0 Å². The summed E-state index contributed by atoms with van der Waals surface area (Å²) in [5, 5.41) is 18.2. The average Bonchev–Trinajstić information content (AvgIpc) is 2.34. The predicted molar refractivity (Wildman–Crippen MR) is 73.9 cm³/mol. The lowest BCUT2D eigenvalue weighted by atomic mass is 9.92. The van der Waals surface area contributed by atoms with Gasteiger partial charge in [0.05, 0.1) is 0 Å². The lowest BCUT2D eigenvalue weighted by Crippen LogP contribution is -2.39. The van der Waals surface area contributed by atoms with E-state index in [0.717, 1.165) is 12.3 Å². The molecule has 13 heteroatoms. The lowest BCUT2D eigenvalue weighted by Gasteiger charge is -2.29. The first kappa shape index (κ1) is 19.4. The van der Waals surface area contributed by atoms with E-state index in [1.54, 1.807) is 0 Å². The Kier molecular flexibility index (Phi) is 5.81. The van der Waals surface area contributed by atoms with Crippen LogP contribution < -0.4 is 0 Å². The molecule has 1 rings (SSSR count). The number of nitrogens with zero attached hydrogens (tertiary/aromatic N) is 1. The Balaban J connectivity index is 3.68. The normalized spacial score (nSPS) is 16.3. The summed E-state index contributed by atoms with van der Waals surface area (Å²) in [6, 6.07) is 2.29. The molecule has 1 aromatic rings. The molecule has 0 spiro atoms. The Morgan fingerprint density at radius 2 is 1.39 bits per heavy atom. The molecule has 0 saturated heterocycles. The number of aromatic nitrogens is 1. The zero-order valence-electron chi connectivity index (χ0n) is 11.2. The minimum absolute atomic E-state index is 0.334. The van der Waals surface area contributed by atoms with Gasteiger partial charge in [-0.3, -0.25) is 23.7 Å². The molecule has 128 valence electrons. The summed E-state index contributed by atoms with van der Waals surface area (Å²) in [7, 11) is -10.9. The fraction of sp³-hybridized carbons (Fsp3) is 0.300. The van der Waals surface area contributed by atoms with E-state index < -0.39 is 44.4 Å².